The summed E-state index contributed by atoms with van der Waals surface area (Å²) in [6, 6.07) is 16.1. The molecule has 1 aromatic heterocycles. The molecule has 0 aliphatic heterocycles. The van der Waals surface area contributed by atoms with E-state index in [0.29, 0.717) is 0 Å². The van der Waals surface area contributed by atoms with Crippen LogP contribution in [0, 0.1) is 0 Å². The van der Waals surface area contributed by atoms with Crippen molar-refractivity contribution >= 4 is 17.5 Å². The summed E-state index contributed by atoms with van der Waals surface area (Å²) in [6.45, 7) is 1.94. The molecule has 1 atom stereocenters. The Labute approximate surface area is 157 Å². The molecule has 0 saturated heterocycles. The number of thioether (sulfide) groups is 1. The molecule has 1 aliphatic rings. The molecule has 3 aromatic rings. The van der Waals surface area contributed by atoms with E-state index in [4.69, 9.17) is 0 Å². The summed E-state index contributed by atoms with van der Waals surface area (Å²) >= 11 is 1.46. The van der Waals surface area contributed by atoms with Crippen molar-refractivity contribution in [1.82, 2.24) is 14.8 Å². The van der Waals surface area contributed by atoms with E-state index < -0.39 is 0 Å². The van der Waals surface area contributed by atoms with Crippen LogP contribution in [0.5, 0.6) is 0 Å². The molecule has 0 radical (unpaired) electrons. The van der Waals surface area contributed by atoms with Crippen molar-refractivity contribution in [2.75, 3.05) is 0 Å². The molecule has 0 unspecified atom stereocenters. The Morgan fingerprint density at radius 3 is 2.65 bits per heavy atom. The van der Waals surface area contributed by atoms with E-state index in [1.165, 1.54) is 29.3 Å². The van der Waals surface area contributed by atoms with E-state index in [9.17, 15) is 4.79 Å². The summed E-state index contributed by atoms with van der Waals surface area (Å²) in [5.41, 5.74) is 4.55. The lowest BCUT2D eigenvalue weighted by molar-refractivity contribution is 0.0993. The second-order valence-corrected chi connectivity index (χ2v) is 8.00. The van der Waals surface area contributed by atoms with E-state index in [0.717, 1.165) is 34.9 Å². The summed E-state index contributed by atoms with van der Waals surface area (Å²) < 4.78 is 1.95. The Morgan fingerprint density at radius 1 is 1.08 bits per heavy atom. The quantitative estimate of drug-likeness (QED) is 0.500. The number of rotatable bonds is 5. The van der Waals surface area contributed by atoms with Gasteiger partial charge < -0.3 is 4.57 Å². The van der Waals surface area contributed by atoms with Crippen LogP contribution in [-0.4, -0.2) is 25.8 Å². The highest BCUT2D eigenvalue weighted by molar-refractivity contribution is 8.00. The maximum atomic E-state index is 12.9. The van der Waals surface area contributed by atoms with Crippen molar-refractivity contribution in [2.45, 2.75) is 36.6 Å². The lowest BCUT2D eigenvalue weighted by Crippen LogP contribution is -2.14. The fraction of sp³-hybridized carbons (Fsp3) is 0.286. The number of nitrogens with zero attached hydrogens (tertiary/aromatic N) is 3. The molecule has 2 aromatic carbocycles. The zero-order chi connectivity index (χ0) is 18.1. The number of ketones is 1. The number of carbonyl (C=O) groups excluding carboxylic acids is 1. The van der Waals surface area contributed by atoms with Gasteiger partial charge in [0.05, 0.1) is 5.25 Å². The van der Waals surface area contributed by atoms with Gasteiger partial charge in [-0.25, -0.2) is 0 Å². The molecule has 0 N–H and O–H groups in total. The fourth-order valence-corrected chi connectivity index (χ4v) is 4.32. The lowest BCUT2D eigenvalue weighted by Gasteiger charge is -2.11. The minimum atomic E-state index is -0.207. The number of hydrogen-bond acceptors (Lipinski definition) is 4. The van der Waals surface area contributed by atoms with Crippen molar-refractivity contribution in [3.63, 3.8) is 0 Å². The molecule has 0 spiro atoms. The minimum Gasteiger partial charge on any atom is -0.305 e. The first-order valence-electron chi connectivity index (χ1n) is 8.91. The Hall–Kier alpha value is -2.40. The third kappa shape index (κ3) is 3.19. The largest absolute Gasteiger partial charge is 0.305 e. The molecule has 132 valence electrons. The number of Topliss-reactive ketones (excluding diaryl/α,β-unsaturated/α-hetero) is 1. The number of fused-ring (bicyclic) bond motifs is 1. The highest BCUT2D eigenvalue weighted by atomic mass is 32.2. The van der Waals surface area contributed by atoms with Gasteiger partial charge in [0, 0.05) is 18.2 Å². The Bertz CT molecular complexity index is 949. The molecule has 0 saturated carbocycles. The number of carbonyl (C=O) groups is 1. The van der Waals surface area contributed by atoms with Gasteiger partial charge in [-0.05, 0) is 43.4 Å². The standard InChI is InChI=1S/C21H21N3OS/c1-14(19(25)18-12-11-15-9-6-10-17(15)13-18)26-21-23-22-20(24(21)2)16-7-4-3-5-8-16/h3-5,7-8,11-14H,6,9-10H2,1-2H3/t14-/m1/s1. The van der Waals surface area contributed by atoms with Gasteiger partial charge in [-0.15, -0.1) is 10.2 Å². The highest BCUT2D eigenvalue weighted by Crippen LogP contribution is 2.29. The van der Waals surface area contributed by atoms with Gasteiger partial charge in [0.1, 0.15) is 0 Å². The second kappa shape index (κ2) is 7.08. The van der Waals surface area contributed by atoms with E-state index in [1.807, 2.05) is 54.9 Å². The number of hydrogen-bond donors (Lipinski definition) is 0. The van der Waals surface area contributed by atoms with E-state index >= 15 is 0 Å². The summed E-state index contributed by atoms with van der Waals surface area (Å²) in [5, 5.41) is 9.14. The van der Waals surface area contributed by atoms with Crippen LogP contribution in [0.25, 0.3) is 11.4 Å². The molecule has 4 rings (SSSR count). The normalized spacial score (nSPS) is 14.2. The number of aromatic nitrogens is 3. The molecular formula is C21H21N3OS. The van der Waals surface area contributed by atoms with Gasteiger partial charge in [0.2, 0.25) is 0 Å². The third-order valence-electron chi connectivity index (χ3n) is 4.90. The van der Waals surface area contributed by atoms with Crippen LogP contribution in [-0.2, 0) is 19.9 Å². The average molecular weight is 363 g/mol. The highest BCUT2D eigenvalue weighted by Gasteiger charge is 2.22. The predicted octanol–water partition coefficient (Wildman–Crippen LogP) is 4.33. The van der Waals surface area contributed by atoms with Crippen molar-refractivity contribution < 1.29 is 4.79 Å². The van der Waals surface area contributed by atoms with Crippen molar-refractivity contribution in [2.24, 2.45) is 7.05 Å². The van der Waals surface area contributed by atoms with Crippen molar-refractivity contribution in [1.29, 1.82) is 0 Å². The topological polar surface area (TPSA) is 47.8 Å². The van der Waals surface area contributed by atoms with Crippen LogP contribution in [0.1, 0.15) is 34.8 Å². The zero-order valence-electron chi connectivity index (χ0n) is 15.0. The van der Waals surface area contributed by atoms with Gasteiger partial charge >= 0.3 is 0 Å². The Balaban J connectivity index is 1.52. The summed E-state index contributed by atoms with van der Waals surface area (Å²) in [4.78, 5) is 12.9. The molecule has 0 bridgehead atoms. The van der Waals surface area contributed by atoms with Crippen LogP contribution >= 0.6 is 11.8 Å². The second-order valence-electron chi connectivity index (χ2n) is 6.69. The summed E-state index contributed by atoms with van der Waals surface area (Å²) in [6.07, 6.45) is 3.41. The van der Waals surface area contributed by atoms with Crippen LogP contribution in [0.15, 0.2) is 53.7 Å². The molecule has 1 aliphatic carbocycles. The summed E-state index contributed by atoms with van der Waals surface area (Å²) in [5.74, 6) is 0.958. The SMILES string of the molecule is C[C@@H](Sc1nnc(-c2ccccc2)n1C)C(=O)c1ccc2c(c1)CCC2. The van der Waals surface area contributed by atoms with Crippen LogP contribution in [0.3, 0.4) is 0 Å². The molecule has 0 fully saturated rings. The van der Waals surface area contributed by atoms with E-state index in [-0.39, 0.29) is 11.0 Å². The van der Waals surface area contributed by atoms with Crippen molar-refractivity contribution in [3.8, 4) is 11.4 Å². The van der Waals surface area contributed by atoms with Crippen LogP contribution in [0.2, 0.25) is 0 Å². The minimum absolute atomic E-state index is 0.147. The van der Waals surface area contributed by atoms with Crippen molar-refractivity contribution in [3.05, 3.63) is 65.2 Å². The Morgan fingerprint density at radius 2 is 1.85 bits per heavy atom. The van der Waals surface area contributed by atoms with Gasteiger partial charge in [-0.2, -0.15) is 0 Å². The van der Waals surface area contributed by atoms with E-state index in [1.54, 1.807) is 0 Å². The lowest BCUT2D eigenvalue weighted by atomic mass is 10.0. The molecule has 4 nitrogen and oxygen atoms in total. The van der Waals surface area contributed by atoms with E-state index in [2.05, 4.69) is 22.3 Å². The smallest absolute Gasteiger partial charge is 0.191 e. The first-order valence-corrected chi connectivity index (χ1v) is 9.79. The van der Waals surface area contributed by atoms with Crippen LogP contribution < -0.4 is 0 Å². The number of benzene rings is 2. The summed E-state index contributed by atoms with van der Waals surface area (Å²) in [7, 11) is 1.94. The zero-order valence-corrected chi connectivity index (χ0v) is 15.8. The average Bonchev–Trinajstić information content (AvgIpc) is 3.28. The van der Waals surface area contributed by atoms with Gasteiger partial charge in [0.15, 0.2) is 16.8 Å². The molecule has 1 heterocycles. The fourth-order valence-electron chi connectivity index (χ4n) is 3.43. The molecule has 0 amide bonds. The first-order chi connectivity index (χ1) is 12.6. The van der Waals surface area contributed by atoms with Gasteiger partial charge in [-0.3, -0.25) is 4.79 Å². The molecule has 5 heteroatoms. The Kier molecular flexibility index (Phi) is 4.64. The predicted molar refractivity (Wildman–Crippen MR) is 105 cm³/mol. The monoisotopic (exact) mass is 363 g/mol. The third-order valence-corrected chi connectivity index (χ3v) is 6.04. The number of aryl methyl sites for hydroxylation is 2. The van der Waals surface area contributed by atoms with Gasteiger partial charge in [-0.1, -0.05) is 54.2 Å². The van der Waals surface area contributed by atoms with Gasteiger partial charge in [0.25, 0.3) is 0 Å². The van der Waals surface area contributed by atoms with Crippen LogP contribution in [0.4, 0.5) is 0 Å². The molecular weight excluding hydrogens is 342 g/mol. The molecule has 26 heavy (non-hydrogen) atoms. The first kappa shape index (κ1) is 17.0. The maximum Gasteiger partial charge on any atom is 0.191 e. The maximum absolute atomic E-state index is 12.9.